The zero-order valence-corrected chi connectivity index (χ0v) is 16.6. The molecule has 2 aromatic carbocycles. The van der Waals surface area contributed by atoms with E-state index in [0.717, 1.165) is 36.8 Å². The first-order valence-corrected chi connectivity index (χ1v) is 9.98. The third-order valence-electron chi connectivity index (χ3n) is 5.71. The highest BCUT2D eigenvalue weighted by molar-refractivity contribution is 5.18. The van der Waals surface area contributed by atoms with Gasteiger partial charge in [-0.05, 0) is 24.0 Å². The third-order valence-corrected chi connectivity index (χ3v) is 5.71. The fraction of sp³-hybridized carbons (Fsp3) is 0.348. The lowest BCUT2D eigenvalue weighted by atomic mass is 9.98. The highest BCUT2D eigenvalue weighted by Crippen LogP contribution is 2.39. The van der Waals surface area contributed by atoms with E-state index in [2.05, 4.69) is 5.10 Å². The molecule has 150 valence electrons. The van der Waals surface area contributed by atoms with E-state index in [-0.39, 0.29) is 12.1 Å². The molecule has 0 spiro atoms. The summed E-state index contributed by atoms with van der Waals surface area (Å²) in [7, 11) is 1.63. The minimum Gasteiger partial charge on any atom is -0.372 e. The van der Waals surface area contributed by atoms with Crippen molar-refractivity contribution >= 4 is 0 Å². The molecule has 1 aliphatic rings. The summed E-state index contributed by atoms with van der Waals surface area (Å²) in [5.41, 5.74) is 0.706. The van der Waals surface area contributed by atoms with E-state index >= 15 is 0 Å². The van der Waals surface area contributed by atoms with Crippen LogP contribution in [0.25, 0.3) is 0 Å². The van der Waals surface area contributed by atoms with Gasteiger partial charge in [-0.2, -0.15) is 5.10 Å². The van der Waals surface area contributed by atoms with Gasteiger partial charge in [0.05, 0.1) is 13.1 Å². The van der Waals surface area contributed by atoms with Gasteiger partial charge in [0.1, 0.15) is 5.60 Å². The fourth-order valence-corrected chi connectivity index (χ4v) is 4.09. The van der Waals surface area contributed by atoms with E-state index in [4.69, 9.17) is 4.74 Å². The van der Waals surface area contributed by atoms with Crippen molar-refractivity contribution in [3.05, 3.63) is 98.3 Å². The Morgan fingerprint density at radius 2 is 1.45 bits per heavy atom. The molecule has 0 N–H and O–H groups in total. The maximum Gasteiger partial charge on any atom is 0.348 e. The van der Waals surface area contributed by atoms with Crippen LogP contribution >= 0.6 is 0 Å². The van der Waals surface area contributed by atoms with Gasteiger partial charge < -0.3 is 4.74 Å². The molecule has 6 heteroatoms. The Balaban J connectivity index is 1.87. The molecule has 1 aliphatic carbocycles. The molecule has 1 fully saturated rings. The van der Waals surface area contributed by atoms with Crippen LogP contribution < -0.4 is 11.2 Å². The first kappa shape index (κ1) is 19.3. The smallest absolute Gasteiger partial charge is 0.348 e. The Morgan fingerprint density at radius 1 is 0.897 bits per heavy atom. The van der Waals surface area contributed by atoms with Crippen molar-refractivity contribution in [3.8, 4) is 0 Å². The quantitative estimate of drug-likeness (QED) is 0.648. The number of benzene rings is 2. The SMILES string of the molecule is COC1(c2nn(Cc3ccccc3)c(=O)n(Cc3ccccc3)c2=O)CCCC1. The Bertz CT molecular complexity index is 1080. The van der Waals surface area contributed by atoms with Gasteiger partial charge in [0.2, 0.25) is 0 Å². The second-order valence-corrected chi connectivity index (χ2v) is 7.56. The number of ether oxygens (including phenoxy) is 1. The van der Waals surface area contributed by atoms with Crippen LogP contribution in [0.5, 0.6) is 0 Å². The van der Waals surface area contributed by atoms with Crippen molar-refractivity contribution in [1.82, 2.24) is 14.3 Å². The third kappa shape index (κ3) is 3.80. The zero-order valence-electron chi connectivity index (χ0n) is 16.6. The Hall–Kier alpha value is -2.99. The molecule has 29 heavy (non-hydrogen) atoms. The molecule has 0 amide bonds. The predicted molar refractivity (Wildman–Crippen MR) is 111 cm³/mol. The summed E-state index contributed by atoms with van der Waals surface area (Å²) in [6.07, 6.45) is 3.43. The zero-order chi connectivity index (χ0) is 20.3. The summed E-state index contributed by atoms with van der Waals surface area (Å²) >= 11 is 0. The van der Waals surface area contributed by atoms with Crippen LogP contribution in [0.3, 0.4) is 0 Å². The lowest BCUT2D eigenvalue weighted by Gasteiger charge is -2.27. The number of nitrogens with zero attached hydrogens (tertiary/aromatic N) is 3. The fourth-order valence-electron chi connectivity index (χ4n) is 4.09. The predicted octanol–water partition coefficient (Wildman–Crippen LogP) is 2.92. The minimum atomic E-state index is -0.721. The van der Waals surface area contributed by atoms with Gasteiger partial charge in [-0.1, -0.05) is 73.5 Å². The van der Waals surface area contributed by atoms with E-state index < -0.39 is 11.3 Å². The number of rotatable bonds is 6. The molecule has 0 bridgehead atoms. The molecule has 0 radical (unpaired) electrons. The molecule has 1 heterocycles. The molecule has 4 rings (SSSR count). The Morgan fingerprint density at radius 3 is 2.00 bits per heavy atom. The van der Waals surface area contributed by atoms with Gasteiger partial charge in [0.15, 0.2) is 5.69 Å². The molecule has 1 aromatic heterocycles. The van der Waals surface area contributed by atoms with E-state index in [0.29, 0.717) is 12.2 Å². The number of methoxy groups -OCH3 is 1. The van der Waals surface area contributed by atoms with E-state index in [1.165, 1.54) is 9.25 Å². The summed E-state index contributed by atoms with van der Waals surface area (Å²) < 4.78 is 8.51. The summed E-state index contributed by atoms with van der Waals surface area (Å²) in [6, 6.07) is 19.2. The first-order chi connectivity index (χ1) is 14.1. The van der Waals surface area contributed by atoms with Crippen LogP contribution in [0, 0.1) is 0 Å². The van der Waals surface area contributed by atoms with Crippen molar-refractivity contribution in [1.29, 1.82) is 0 Å². The number of hydrogen-bond donors (Lipinski definition) is 0. The minimum absolute atomic E-state index is 0.211. The maximum absolute atomic E-state index is 13.4. The molecule has 6 nitrogen and oxygen atoms in total. The molecular formula is C23H25N3O3. The van der Waals surface area contributed by atoms with Crippen molar-refractivity contribution in [2.24, 2.45) is 0 Å². The largest absolute Gasteiger partial charge is 0.372 e. The lowest BCUT2D eigenvalue weighted by molar-refractivity contribution is -0.0158. The highest BCUT2D eigenvalue weighted by Gasteiger charge is 2.40. The van der Waals surface area contributed by atoms with Crippen LogP contribution in [0.4, 0.5) is 0 Å². The summed E-state index contributed by atoms with van der Waals surface area (Å²) in [4.78, 5) is 26.5. The van der Waals surface area contributed by atoms with Crippen LogP contribution in [-0.2, 0) is 23.4 Å². The summed E-state index contributed by atoms with van der Waals surface area (Å²) in [6.45, 7) is 0.518. The van der Waals surface area contributed by atoms with Gasteiger partial charge in [0, 0.05) is 7.11 Å². The molecule has 0 aliphatic heterocycles. The van der Waals surface area contributed by atoms with Gasteiger partial charge in [0.25, 0.3) is 5.56 Å². The molecule has 3 aromatic rings. The first-order valence-electron chi connectivity index (χ1n) is 9.98. The number of hydrogen-bond acceptors (Lipinski definition) is 4. The monoisotopic (exact) mass is 391 g/mol. The van der Waals surface area contributed by atoms with Crippen LogP contribution in [0.1, 0.15) is 42.5 Å². The molecule has 0 saturated heterocycles. The second-order valence-electron chi connectivity index (χ2n) is 7.56. The van der Waals surface area contributed by atoms with Crippen molar-refractivity contribution in [2.75, 3.05) is 7.11 Å². The van der Waals surface area contributed by atoms with E-state index in [1.807, 2.05) is 60.7 Å². The Labute approximate surface area is 169 Å². The molecule has 0 unspecified atom stereocenters. The average molecular weight is 391 g/mol. The average Bonchev–Trinajstić information content (AvgIpc) is 3.25. The summed E-state index contributed by atoms with van der Waals surface area (Å²) in [5, 5.41) is 4.54. The Kier molecular flexibility index (Phi) is 5.45. The normalized spacial score (nSPS) is 15.5. The topological polar surface area (TPSA) is 66.1 Å². The van der Waals surface area contributed by atoms with Crippen molar-refractivity contribution < 1.29 is 4.74 Å². The lowest BCUT2D eigenvalue weighted by Crippen LogP contribution is -2.48. The van der Waals surface area contributed by atoms with Gasteiger partial charge in [-0.15, -0.1) is 0 Å². The van der Waals surface area contributed by atoms with E-state index in [9.17, 15) is 9.59 Å². The summed E-state index contributed by atoms with van der Waals surface area (Å²) in [5.74, 6) is 0. The van der Waals surface area contributed by atoms with Crippen LogP contribution in [0.2, 0.25) is 0 Å². The van der Waals surface area contributed by atoms with Crippen molar-refractivity contribution in [2.45, 2.75) is 44.4 Å². The molecule has 1 saturated carbocycles. The van der Waals surface area contributed by atoms with E-state index in [1.54, 1.807) is 7.11 Å². The van der Waals surface area contributed by atoms with Gasteiger partial charge in [-0.25, -0.2) is 9.48 Å². The highest BCUT2D eigenvalue weighted by atomic mass is 16.5. The van der Waals surface area contributed by atoms with Gasteiger partial charge in [-0.3, -0.25) is 9.36 Å². The molecular weight excluding hydrogens is 366 g/mol. The van der Waals surface area contributed by atoms with Crippen LogP contribution in [-0.4, -0.2) is 21.5 Å². The van der Waals surface area contributed by atoms with Crippen molar-refractivity contribution in [3.63, 3.8) is 0 Å². The number of aromatic nitrogens is 3. The van der Waals surface area contributed by atoms with Gasteiger partial charge >= 0.3 is 5.69 Å². The standard InChI is InChI=1S/C23H25N3O3/c1-29-23(14-8-9-15-23)20-21(27)25(16-18-10-4-2-5-11-18)22(28)26(24-20)17-19-12-6-3-7-13-19/h2-7,10-13H,8-9,14-17H2,1H3. The molecule has 0 atom stereocenters. The maximum atomic E-state index is 13.4. The van der Waals surface area contributed by atoms with Crippen LogP contribution in [0.15, 0.2) is 70.3 Å². The second kappa shape index (κ2) is 8.17.